The molecule has 0 unspecified atom stereocenters. The van der Waals surface area contributed by atoms with Crippen molar-refractivity contribution < 1.29 is 9.53 Å². The molecule has 0 radical (unpaired) electrons. The highest BCUT2D eigenvalue weighted by atomic mass is 35.5. The number of anilines is 2. The number of morpholine rings is 1. The second-order valence-corrected chi connectivity index (χ2v) is 7.15. The maximum absolute atomic E-state index is 12.2. The van der Waals surface area contributed by atoms with Crippen molar-refractivity contribution in [3.8, 4) is 0 Å². The zero-order valence-electron chi connectivity index (χ0n) is 15.7. The molecule has 1 aliphatic heterocycles. The SMILES string of the molecule is CN(CCC(=O)Nc1ccccc1Cl)Cc1ccccc1N1CCOCC1. The van der Waals surface area contributed by atoms with E-state index in [1.165, 1.54) is 11.3 Å². The summed E-state index contributed by atoms with van der Waals surface area (Å²) in [5.74, 6) is -0.0311. The van der Waals surface area contributed by atoms with Crippen LogP contribution < -0.4 is 10.2 Å². The number of nitrogens with one attached hydrogen (secondary N) is 1. The molecule has 2 aromatic carbocycles. The molecule has 0 saturated carbocycles. The maximum Gasteiger partial charge on any atom is 0.225 e. The van der Waals surface area contributed by atoms with Crippen LogP contribution in [-0.2, 0) is 16.1 Å². The van der Waals surface area contributed by atoms with E-state index in [1.54, 1.807) is 6.07 Å². The van der Waals surface area contributed by atoms with Crippen LogP contribution in [0, 0.1) is 0 Å². The number of ether oxygens (including phenoxy) is 1. The number of halogens is 1. The van der Waals surface area contributed by atoms with Crippen LogP contribution in [0.5, 0.6) is 0 Å². The number of carbonyl (C=O) groups excluding carboxylic acids is 1. The first-order chi connectivity index (χ1) is 13.1. The molecule has 1 heterocycles. The van der Waals surface area contributed by atoms with Gasteiger partial charge in [0, 0.05) is 38.3 Å². The molecule has 1 aliphatic rings. The summed E-state index contributed by atoms with van der Waals surface area (Å²) in [4.78, 5) is 16.8. The Balaban J connectivity index is 1.53. The second-order valence-electron chi connectivity index (χ2n) is 6.74. The van der Waals surface area contributed by atoms with Gasteiger partial charge in [-0.3, -0.25) is 4.79 Å². The van der Waals surface area contributed by atoms with E-state index in [0.717, 1.165) is 32.8 Å². The summed E-state index contributed by atoms with van der Waals surface area (Å²) in [5, 5.41) is 3.43. The number of para-hydroxylation sites is 2. The lowest BCUT2D eigenvalue weighted by Gasteiger charge is -2.31. The van der Waals surface area contributed by atoms with Crippen molar-refractivity contribution in [1.82, 2.24) is 4.90 Å². The monoisotopic (exact) mass is 387 g/mol. The normalized spacial score (nSPS) is 14.4. The average molecular weight is 388 g/mol. The fourth-order valence-electron chi connectivity index (χ4n) is 3.19. The topological polar surface area (TPSA) is 44.8 Å². The minimum Gasteiger partial charge on any atom is -0.378 e. The van der Waals surface area contributed by atoms with Gasteiger partial charge in [-0.25, -0.2) is 0 Å². The predicted octanol–water partition coefficient (Wildman–Crippen LogP) is 3.64. The summed E-state index contributed by atoms with van der Waals surface area (Å²) in [6.45, 7) is 4.85. The molecule has 0 bridgehead atoms. The number of rotatable bonds is 7. The number of amides is 1. The molecule has 6 heteroatoms. The largest absolute Gasteiger partial charge is 0.378 e. The molecular weight excluding hydrogens is 362 g/mol. The predicted molar refractivity (Wildman–Crippen MR) is 111 cm³/mol. The molecule has 1 fully saturated rings. The van der Waals surface area contributed by atoms with E-state index in [9.17, 15) is 4.79 Å². The van der Waals surface area contributed by atoms with Crippen LogP contribution in [0.3, 0.4) is 0 Å². The Kier molecular flexibility index (Phi) is 7.10. The molecule has 0 aliphatic carbocycles. The van der Waals surface area contributed by atoms with Gasteiger partial charge in [0.1, 0.15) is 0 Å². The highest BCUT2D eigenvalue weighted by Gasteiger charge is 2.15. The van der Waals surface area contributed by atoms with E-state index in [4.69, 9.17) is 16.3 Å². The summed E-state index contributed by atoms with van der Waals surface area (Å²) >= 11 is 6.09. The van der Waals surface area contributed by atoms with Crippen molar-refractivity contribution in [2.24, 2.45) is 0 Å². The van der Waals surface area contributed by atoms with E-state index >= 15 is 0 Å². The highest BCUT2D eigenvalue weighted by molar-refractivity contribution is 6.33. The zero-order chi connectivity index (χ0) is 19.1. The Morgan fingerprint density at radius 3 is 2.63 bits per heavy atom. The number of carbonyl (C=O) groups is 1. The smallest absolute Gasteiger partial charge is 0.225 e. The molecule has 1 amide bonds. The van der Waals surface area contributed by atoms with Crippen LogP contribution in [0.2, 0.25) is 5.02 Å². The molecule has 0 atom stereocenters. The van der Waals surface area contributed by atoms with Gasteiger partial charge in [-0.1, -0.05) is 41.9 Å². The quantitative estimate of drug-likeness (QED) is 0.787. The van der Waals surface area contributed by atoms with Gasteiger partial charge in [0.2, 0.25) is 5.91 Å². The van der Waals surface area contributed by atoms with Gasteiger partial charge < -0.3 is 19.9 Å². The lowest BCUT2D eigenvalue weighted by Crippen LogP contribution is -2.37. The molecule has 1 N–H and O–H groups in total. The Bertz CT molecular complexity index is 763. The summed E-state index contributed by atoms with van der Waals surface area (Å²) in [7, 11) is 2.04. The van der Waals surface area contributed by atoms with Crippen molar-refractivity contribution in [2.45, 2.75) is 13.0 Å². The molecule has 144 valence electrons. The van der Waals surface area contributed by atoms with Crippen molar-refractivity contribution in [3.05, 3.63) is 59.1 Å². The molecule has 3 rings (SSSR count). The molecular formula is C21H26ClN3O2. The Hall–Kier alpha value is -2.08. The summed E-state index contributed by atoms with van der Waals surface area (Å²) in [6, 6.07) is 15.7. The van der Waals surface area contributed by atoms with Crippen LogP contribution in [0.15, 0.2) is 48.5 Å². The van der Waals surface area contributed by atoms with Crippen LogP contribution in [-0.4, -0.2) is 50.7 Å². The van der Waals surface area contributed by atoms with E-state index in [2.05, 4.69) is 39.4 Å². The van der Waals surface area contributed by atoms with Crippen LogP contribution in [0.4, 0.5) is 11.4 Å². The first kappa shape index (κ1) is 19.7. The second kappa shape index (κ2) is 9.74. The third-order valence-electron chi connectivity index (χ3n) is 4.65. The van der Waals surface area contributed by atoms with E-state index < -0.39 is 0 Å². The highest BCUT2D eigenvalue weighted by Crippen LogP contribution is 2.23. The minimum absolute atomic E-state index is 0.0311. The van der Waals surface area contributed by atoms with Gasteiger partial charge >= 0.3 is 0 Å². The van der Waals surface area contributed by atoms with Gasteiger partial charge in [0.25, 0.3) is 0 Å². The number of hydrogen-bond donors (Lipinski definition) is 1. The van der Waals surface area contributed by atoms with Crippen LogP contribution >= 0.6 is 11.6 Å². The number of nitrogens with zero attached hydrogens (tertiary/aromatic N) is 2. The van der Waals surface area contributed by atoms with Crippen molar-refractivity contribution in [2.75, 3.05) is 50.1 Å². The fourth-order valence-corrected chi connectivity index (χ4v) is 3.38. The Morgan fingerprint density at radius 1 is 1.15 bits per heavy atom. The standard InChI is InChI=1S/C21H26ClN3O2/c1-24(11-10-21(26)23-19-8-4-3-7-18(19)22)16-17-6-2-5-9-20(17)25-12-14-27-15-13-25/h2-9H,10-16H2,1H3,(H,23,26). The molecule has 2 aromatic rings. The summed E-state index contributed by atoms with van der Waals surface area (Å²) < 4.78 is 5.46. The lowest BCUT2D eigenvalue weighted by molar-refractivity contribution is -0.116. The average Bonchev–Trinajstić information content (AvgIpc) is 2.69. The maximum atomic E-state index is 12.2. The van der Waals surface area contributed by atoms with Gasteiger partial charge in [-0.05, 0) is 30.8 Å². The summed E-state index contributed by atoms with van der Waals surface area (Å²) in [6.07, 6.45) is 0.418. The lowest BCUT2D eigenvalue weighted by atomic mass is 10.1. The van der Waals surface area contributed by atoms with Crippen LogP contribution in [0.25, 0.3) is 0 Å². The van der Waals surface area contributed by atoms with Gasteiger partial charge in [0.15, 0.2) is 0 Å². The molecule has 27 heavy (non-hydrogen) atoms. The number of benzene rings is 2. The van der Waals surface area contributed by atoms with Crippen molar-refractivity contribution in [1.29, 1.82) is 0 Å². The Labute approximate surface area is 165 Å². The minimum atomic E-state index is -0.0311. The van der Waals surface area contributed by atoms with Crippen molar-refractivity contribution >= 4 is 28.9 Å². The zero-order valence-corrected chi connectivity index (χ0v) is 16.4. The van der Waals surface area contributed by atoms with Gasteiger partial charge in [-0.2, -0.15) is 0 Å². The summed E-state index contributed by atoms with van der Waals surface area (Å²) in [5.41, 5.74) is 3.19. The van der Waals surface area contributed by atoms with Crippen LogP contribution in [0.1, 0.15) is 12.0 Å². The molecule has 0 aromatic heterocycles. The third kappa shape index (κ3) is 5.70. The number of hydrogen-bond acceptors (Lipinski definition) is 4. The molecule has 1 saturated heterocycles. The van der Waals surface area contributed by atoms with E-state index in [-0.39, 0.29) is 5.91 Å². The first-order valence-corrected chi connectivity index (χ1v) is 9.65. The van der Waals surface area contributed by atoms with Gasteiger partial charge in [-0.15, -0.1) is 0 Å². The van der Waals surface area contributed by atoms with E-state index in [1.807, 2.05) is 25.2 Å². The first-order valence-electron chi connectivity index (χ1n) is 9.27. The molecule has 0 spiro atoms. The Morgan fingerprint density at radius 2 is 1.85 bits per heavy atom. The molecule has 5 nitrogen and oxygen atoms in total. The fraction of sp³-hybridized carbons (Fsp3) is 0.381. The van der Waals surface area contributed by atoms with Gasteiger partial charge in [0.05, 0.1) is 23.9 Å². The third-order valence-corrected chi connectivity index (χ3v) is 4.98. The van der Waals surface area contributed by atoms with E-state index in [0.29, 0.717) is 23.7 Å². The van der Waals surface area contributed by atoms with Crippen molar-refractivity contribution in [3.63, 3.8) is 0 Å².